The lowest BCUT2D eigenvalue weighted by atomic mass is 9.97. The van der Waals surface area contributed by atoms with E-state index in [1.54, 1.807) is 4.90 Å². The molecule has 0 spiro atoms. The van der Waals surface area contributed by atoms with Crippen molar-refractivity contribution in [3.8, 4) is 0 Å². The van der Waals surface area contributed by atoms with Gasteiger partial charge in [0.15, 0.2) is 9.84 Å². The Hall–Kier alpha value is -1.96. The molecule has 1 saturated heterocycles. The van der Waals surface area contributed by atoms with Gasteiger partial charge in [-0.2, -0.15) is 0 Å². The molecule has 1 atom stereocenters. The molecule has 0 aromatic heterocycles. The third-order valence-corrected chi connectivity index (χ3v) is 5.81. The standard InChI is InChI=1S/C16H21FN2O4S/c1-12(20)19-9-2-3-13(11-19)16(21)18-8-10-24(22,23)15-6-4-14(17)5-7-15/h4-7,13H,2-3,8-11H2,1H3,(H,18,21). The maximum Gasteiger partial charge on any atom is 0.224 e. The quantitative estimate of drug-likeness (QED) is 0.797. The zero-order chi connectivity index (χ0) is 17.7. The molecule has 1 aliphatic rings. The van der Waals surface area contributed by atoms with Gasteiger partial charge in [-0.3, -0.25) is 9.59 Å². The minimum absolute atomic E-state index is 0.0187. The van der Waals surface area contributed by atoms with Crippen molar-refractivity contribution >= 4 is 21.7 Å². The molecule has 1 aromatic carbocycles. The summed E-state index contributed by atoms with van der Waals surface area (Å²) in [5.41, 5.74) is 0. The smallest absolute Gasteiger partial charge is 0.224 e. The maximum absolute atomic E-state index is 12.8. The van der Waals surface area contributed by atoms with Crippen molar-refractivity contribution in [2.24, 2.45) is 5.92 Å². The summed E-state index contributed by atoms with van der Waals surface area (Å²) in [6, 6.07) is 4.59. The first kappa shape index (κ1) is 18.4. The van der Waals surface area contributed by atoms with Crippen LogP contribution in [0, 0.1) is 11.7 Å². The summed E-state index contributed by atoms with van der Waals surface area (Å²) in [5, 5.41) is 2.62. The third-order valence-electron chi connectivity index (χ3n) is 4.08. The van der Waals surface area contributed by atoms with Gasteiger partial charge >= 0.3 is 0 Å². The average molecular weight is 356 g/mol. The van der Waals surface area contributed by atoms with Crippen LogP contribution in [-0.4, -0.2) is 50.5 Å². The first-order valence-electron chi connectivity index (χ1n) is 7.81. The van der Waals surface area contributed by atoms with Crippen molar-refractivity contribution in [1.82, 2.24) is 10.2 Å². The zero-order valence-corrected chi connectivity index (χ0v) is 14.3. The number of nitrogens with one attached hydrogen (secondary N) is 1. The van der Waals surface area contributed by atoms with E-state index in [1.165, 1.54) is 19.1 Å². The largest absolute Gasteiger partial charge is 0.355 e. The van der Waals surface area contributed by atoms with Gasteiger partial charge in [-0.05, 0) is 37.1 Å². The highest BCUT2D eigenvalue weighted by Gasteiger charge is 2.27. The number of benzene rings is 1. The molecule has 2 amide bonds. The van der Waals surface area contributed by atoms with Gasteiger partial charge in [0.25, 0.3) is 0 Å². The molecule has 0 bridgehead atoms. The van der Waals surface area contributed by atoms with Crippen LogP contribution >= 0.6 is 0 Å². The van der Waals surface area contributed by atoms with Gasteiger partial charge in [0, 0.05) is 26.6 Å². The predicted octanol–water partition coefficient (Wildman–Crippen LogP) is 0.974. The number of piperidine rings is 1. The van der Waals surface area contributed by atoms with Crippen LogP contribution in [0.4, 0.5) is 4.39 Å². The monoisotopic (exact) mass is 356 g/mol. The number of halogens is 1. The number of sulfone groups is 1. The number of carbonyl (C=O) groups is 2. The van der Waals surface area contributed by atoms with Crippen LogP contribution in [-0.2, 0) is 19.4 Å². The van der Waals surface area contributed by atoms with Gasteiger partial charge in [0.05, 0.1) is 16.6 Å². The van der Waals surface area contributed by atoms with Crippen LogP contribution in [0.2, 0.25) is 0 Å². The highest BCUT2D eigenvalue weighted by Crippen LogP contribution is 2.17. The minimum atomic E-state index is -3.57. The Morgan fingerprint density at radius 3 is 2.58 bits per heavy atom. The molecule has 1 unspecified atom stereocenters. The number of amides is 2. The summed E-state index contributed by atoms with van der Waals surface area (Å²) in [5.74, 6) is -1.37. The Labute approximate surface area is 140 Å². The van der Waals surface area contributed by atoms with Crippen LogP contribution < -0.4 is 5.32 Å². The molecule has 0 radical (unpaired) electrons. The van der Waals surface area contributed by atoms with Crippen LogP contribution in [0.3, 0.4) is 0 Å². The van der Waals surface area contributed by atoms with Gasteiger partial charge in [-0.15, -0.1) is 0 Å². The van der Waals surface area contributed by atoms with Crippen molar-refractivity contribution in [3.63, 3.8) is 0 Å². The molecular formula is C16H21FN2O4S. The van der Waals surface area contributed by atoms with Gasteiger partial charge < -0.3 is 10.2 Å². The minimum Gasteiger partial charge on any atom is -0.355 e. The summed E-state index contributed by atoms with van der Waals surface area (Å²) in [7, 11) is -3.57. The third kappa shape index (κ3) is 4.77. The molecular weight excluding hydrogens is 335 g/mol. The Morgan fingerprint density at radius 2 is 1.96 bits per heavy atom. The first-order valence-corrected chi connectivity index (χ1v) is 9.46. The molecule has 2 rings (SSSR count). The summed E-state index contributed by atoms with van der Waals surface area (Å²) in [6.45, 7) is 2.47. The molecule has 0 saturated carbocycles. The van der Waals surface area contributed by atoms with Gasteiger partial charge in [-0.1, -0.05) is 0 Å². The Morgan fingerprint density at radius 1 is 1.29 bits per heavy atom. The summed E-state index contributed by atoms with van der Waals surface area (Å²) < 4.78 is 37.1. The summed E-state index contributed by atoms with van der Waals surface area (Å²) >= 11 is 0. The lowest BCUT2D eigenvalue weighted by Crippen LogP contribution is -2.45. The molecule has 1 N–H and O–H groups in total. The molecule has 1 aromatic rings. The molecule has 6 nitrogen and oxygen atoms in total. The van der Waals surface area contributed by atoms with E-state index in [1.807, 2.05) is 0 Å². The van der Waals surface area contributed by atoms with E-state index in [4.69, 9.17) is 0 Å². The zero-order valence-electron chi connectivity index (χ0n) is 13.5. The van der Waals surface area contributed by atoms with Crippen molar-refractivity contribution in [2.45, 2.75) is 24.7 Å². The summed E-state index contributed by atoms with van der Waals surface area (Å²) in [4.78, 5) is 25.2. The number of nitrogens with zero attached hydrogens (tertiary/aromatic N) is 1. The second kappa shape index (κ2) is 7.74. The van der Waals surface area contributed by atoms with E-state index in [9.17, 15) is 22.4 Å². The Balaban J connectivity index is 1.85. The van der Waals surface area contributed by atoms with Crippen molar-refractivity contribution in [3.05, 3.63) is 30.1 Å². The Bertz CT molecular complexity index is 703. The molecule has 8 heteroatoms. The van der Waals surface area contributed by atoms with Crippen molar-refractivity contribution in [2.75, 3.05) is 25.4 Å². The predicted molar refractivity (Wildman–Crippen MR) is 86.4 cm³/mol. The Kier molecular flexibility index (Phi) is 5.93. The number of hydrogen-bond donors (Lipinski definition) is 1. The number of rotatable bonds is 5. The van der Waals surface area contributed by atoms with Crippen LogP contribution in [0.5, 0.6) is 0 Å². The van der Waals surface area contributed by atoms with Gasteiger partial charge in [0.2, 0.25) is 11.8 Å². The fourth-order valence-corrected chi connectivity index (χ4v) is 3.85. The molecule has 1 aliphatic heterocycles. The highest BCUT2D eigenvalue weighted by molar-refractivity contribution is 7.91. The highest BCUT2D eigenvalue weighted by atomic mass is 32.2. The van der Waals surface area contributed by atoms with Crippen LogP contribution in [0.1, 0.15) is 19.8 Å². The topological polar surface area (TPSA) is 83.6 Å². The molecule has 1 heterocycles. The maximum atomic E-state index is 12.8. The van der Waals surface area contributed by atoms with E-state index in [-0.39, 0.29) is 34.9 Å². The van der Waals surface area contributed by atoms with E-state index >= 15 is 0 Å². The van der Waals surface area contributed by atoms with Crippen LogP contribution in [0.15, 0.2) is 29.2 Å². The second-order valence-corrected chi connectivity index (χ2v) is 7.98. The molecule has 24 heavy (non-hydrogen) atoms. The average Bonchev–Trinajstić information content (AvgIpc) is 2.55. The SMILES string of the molecule is CC(=O)N1CCCC(C(=O)NCCS(=O)(=O)c2ccc(F)cc2)C1. The lowest BCUT2D eigenvalue weighted by molar-refractivity contribution is -0.133. The number of hydrogen-bond acceptors (Lipinski definition) is 4. The molecule has 132 valence electrons. The second-order valence-electron chi connectivity index (χ2n) is 5.87. The van der Waals surface area contributed by atoms with Crippen LogP contribution in [0.25, 0.3) is 0 Å². The van der Waals surface area contributed by atoms with E-state index < -0.39 is 15.7 Å². The van der Waals surface area contributed by atoms with E-state index in [0.29, 0.717) is 19.5 Å². The molecule has 0 aliphatic carbocycles. The molecule has 1 fully saturated rings. The van der Waals surface area contributed by atoms with Gasteiger partial charge in [0.1, 0.15) is 5.82 Å². The first-order chi connectivity index (χ1) is 11.3. The normalized spacial score (nSPS) is 18.2. The fraction of sp³-hybridized carbons (Fsp3) is 0.500. The van der Waals surface area contributed by atoms with E-state index in [0.717, 1.165) is 18.6 Å². The van der Waals surface area contributed by atoms with Crippen molar-refractivity contribution in [1.29, 1.82) is 0 Å². The fourth-order valence-electron chi connectivity index (χ4n) is 2.69. The number of likely N-dealkylation sites (tertiary alicyclic amines) is 1. The van der Waals surface area contributed by atoms with E-state index in [2.05, 4.69) is 5.32 Å². The van der Waals surface area contributed by atoms with Gasteiger partial charge in [-0.25, -0.2) is 12.8 Å². The lowest BCUT2D eigenvalue weighted by Gasteiger charge is -2.31. The number of carbonyl (C=O) groups excluding carboxylic acids is 2. The van der Waals surface area contributed by atoms with Crippen molar-refractivity contribution < 1.29 is 22.4 Å². The summed E-state index contributed by atoms with van der Waals surface area (Å²) in [6.07, 6.45) is 1.44.